The number of methoxy groups -OCH3 is 1. The monoisotopic (exact) mass is 289 g/mol. The summed E-state index contributed by atoms with van der Waals surface area (Å²) < 4.78 is 6.07. The Kier molecular flexibility index (Phi) is 5.83. The molecule has 2 nitrogen and oxygen atoms in total. The van der Waals surface area contributed by atoms with Crippen LogP contribution in [0, 0.1) is 13.8 Å². The highest BCUT2D eigenvalue weighted by atomic mass is 16.5. The number of ether oxygens (including phenoxy) is 1. The first-order chi connectivity index (χ1) is 10.1. The van der Waals surface area contributed by atoms with Crippen molar-refractivity contribution in [3.8, 4) is 0 Å². The normalized spacial score (nSPS) is 19.4. The number of hydrogen-bond donors (Lipinski definition) is 1. The van der Waals surface area contributed by atoms with Gasteiger partial charge in [0.1, 0.15) is 0 Å². The minimum absolute atomic E-state index is 0.0183. The SMILES string of the molecule is CCNC(Cc1cc(C)ccc1C)C1(OC)CCCCC1. The Balaban J connectivity index is 2.23. The van der Waals surface area contributed by atoms with Crippen LogP contribution in [0.15, 0.2) is 18.2 Å². The molecule has 1 aliphatic carbocycles. The predicted molar refractivity (Wildman–Crippen MR) is 89.9 cm³/mol. The van der Waals surface area contributed by atoms with Crippen LogP contribution in [-0.2, 0) is 11.2 Å². The molecule has 2 heteroatoms. The Labute approximate surface area is 130 Å². The third kappa shape index (κ3) is 3.87. The quantitative estimate of drug-likeness (QED) is 0.848. The highest BCUT2D eigenvalue weighted by Crippen LogP contribution is 2.35. The molecule has 1 aromatic carbocycles. The molecule has 0 spiro atoms. The molecular weight excluding hydrogens is 258 g/mol. The lowest BCUT2D eigenvalue weighted by molar-refractivity contribution is -0.0670. The van der Waals surface area contributed by atoms with Crippen LogP contribution < -0.4 is 5.32 Å². The number of hydrogen-bond acceptors (Lipinski definition) is 2. The van der Waals surface area contributed by atoms with Gasteiger partial charge in [-0.05, 0) is 50.8 Å². The second-order valence-corrected chi connectivity index (χ2v) is 6.57. The first-order valence-electron chi connectivity index (χ1n) is 8.46. The largest absolute Gasteiger partial charge is 0.377 e. The molecule has 1 unspecified atom stereocenters. The number of aryl methyl sites for hydroxylation is 2. The van der Waals surface area contributed by atoms with Gasteiger partial charge in [-0.3, -0.25) is 0 Å². The lowest BCUT2D eigenvalue weighted by Crippen LogP contribution is -2.54. The Morgan fingerprint density at radius 1 is 1.19 bits per heavy atom. The van der Waals surface area contributed by atoms with Crippen LogP contribution in [0.25, 0.3) is 0 Å². The maximum Gasteiger partial charge on any atom is 0.0834 e. The Bertz CT molecular complexity index is 449. The van der Waals surface area contributed by atoms with Crippen molar-refractivity contribution in [2.75, 3.05) is 13.7 Å². The predicted octanol–water partition coefficient (Wildman–Crippen LogP) is 4.17. The van der Waals surface area contributed by atoms with Crippen molar-refractivity contribution in [1.29, 1.82) is 0 Å². The van der Waals surface area contributed by atoms with E-state index in [1.54, 1.807) is 0 Å². The van der Waals surface area contributed by atoms with Gasteiger partial charge in [0.25, 0.3) is 0 Å². The van der Waals surface area contributed by atoms with E-state index >= 15 is 0 Å². The third-order valence-electron chi connectivity index (χ3n) is 5.12. The zero-order valence-electron chi connectivity index (χ0n) is 14.2. The van der Waals surface area contributed by atoms with Crippen molar-refractivity contribution in [3.05, 3.63) is 34.9 Å². The van der Waals surface area contributed by atoms with Crippen molar-refractivity contribution < 1.29 is 4.74 Å². The molecule has 21 heavy (non-hydrogen) atoms. The van der Waals surface area contributed by atoms with Crippen LogP contribution in [0.4, 0.5) is 0 Å². The molecule has 0 bridgehead atoms. The second-order valence-electron chi connectivity index (χ2n) is 6.57. The lowest BCUT2D eigenvalue weighted by Gasteiger charge is -2.43. The highest BCUT2D eigenvalue weighted by Gasteiger charge is 2.39. The number of nitrogens with one attached hydrogen (secondary N) is 1. The van der Waals surface area contributed by atoms with Gasteiger partial charge in [-0.25, -0.2) is 0 Å². The molecule has 2 rings (SSSR count). The van der Waals surface area contributed by atoms with E-state index in [2.05, 4.69) is 44.3 Å². The van der Waals surface area contributed by atoms with E-state index in [9.17, 15) is 0 Å². The molecule has 118 valence electrons. The van der Waals surface area contributed by atoms with E-state index in [4.69, 9.17) is 4.74 Å². The topological polar surface area (TPSA) is 21.3 Å². The van der Waals surface area contributed by atoms with Gasteiger partial charge in [-0.2, -0.15) is 0 Å². The van der Waals surface area contributed by atoms with E-state index in [1.807, 2.05) is 7.11 Å². The Hall–Kier alpha value is -0.860. The third-order valence-corrected chi connectivity index (χ3v) is 5.12. The van der Waals surface area contributed by atoms with Crippen molar-refractivity contribution in [2.24, 2.45) is 0 Å². The summed E-state index contributed by atoms with van der Waals surface area (Å²) in [6, 6.07) is 7.20. The summed E-state index contributed by atoms with van der Waals surface area (Å²) in [5.41, 5.74) is 4.22. The van der Waals surface area contributed by atoms with Gasteiger partial charge < -0.3 is 10.1 Å². The minimum atomic E-state index is 0.0183. The summed E-state index contributed by atoms with van der Waals surface area (Å²) in [7, 11) is 1.90. The summed E-state index contributed by atoms with van der Waals surface area (Å²) in [6.07, 6.45) is 7.38. The Morgan fingerprint density at radius 3 is 2.52 bits per heavy atom. The van der Waals surface area contributed by atoms with Gasteiger partial charge in [0.2, 0.25) is 0 Å². The van der Waals surface area contributed by atoms with Crippen LogP contribution >= 0.6 is 0 Å². The second kappa shape index (κ2) is 7.42. The van der Waals surface area contributed by atoms with Gasteiger partial charge in [0, 0.05) is 13.2 Å². The molecule has 0 aromatic heterocycles. The fraction of sp³-hybridized carbons (Fsp3) is 0.684. The molecule has 1 saturated carbocycles. The van der Waals surface area contributed by atoms with Crippen molar-refractivity contribution in [3.63, 3.8) is 0 Å². The smallest absolute Gasteiger partial charge is 0.0834 e. The van der Waals surface area contributed by atoms with E-state index in [0.717, 1.165) is 13.0 Å². The number of benzene rings is 1. The molecule has 1 atom stereocenters. The van der Waals surface area contributed by atoms with E-state index in [0.29, 0.717) is 6.04 Å². The summed E-state index contributed by atoms with van der Waals surface area (Å²) in [5, 5.41) is 3.71. The first-order valence-corrected chi connectivity index (χ1v) is 8.46. The highest BCUT2D eigenvalue weighted by molar-refractivity contribution is 5.31. The molecule has 1 aliphatic rings. The number of likely N-dealkylation sites (N-methyl/N-ethyl adjacent to an activating group) is 1. The molecule has 1 fully saturated rings. The van der Waals surface area contributed by atoms with Crippen molar-refractivity contribution in [1.82, 2.24) is 5.32 Å². The van der Waals surface area contributed by atoms with Gasteiger partial charge in [0.15, 0.2) is 0 Å². The van der Waals surface area contributed by atoms with Crippen LogP contribution in [-0.4, -0.2) is 25.3 Å². The minimum Gasteiger partial charge on any atom is -0.377 e. The van der Waals surface area contributed by atoms with Gasteiger partial charge >= 0.3 is 0 Å². The molecular formula is C19H31NO. The average Bonchev–Trinajstić information content (AvgIpc) is 2.51. The standard InChI is InChI=1S/C19H31NO/c1-5-20-18(19(21-4)11-7-6-8-12-19)14-17-13-15(2)9-10-16(17)3/h9-10,13,18,20H,5-8,11-12,14H2,1-4H3. The zero-order chi connectivity index (χ0) is 15.3. The van der Waals surface area contributed by atoms with E-state index in [1.165, 1.54) is 48.8 Å². The average molecular weight is 289 g/mol. The summed E-state index contributed by atoms with van der Waals surface area (Å²) in [6.45, 7) is 7.60. The maximum absolute atomic E-state index is 6.07. The van der Waals surface area contributed by atoms with Crippen molar-refractivity contribution in [2.45, 2.75) is 70.9 Å². The molecule has 0 heterocycles. The lowest BCUT2D eigenvalue weighted by atomic mass is 9.76. The van der Waals surface area contributed by atoms with Gasteiger partial charge in [-0.1, -0.05) is 49.9 Å². The summed E-state index contributed by atoms with van der Waals surface area (Å²) >= 11 is 0. The fourth-order valence-corrected chi connectivity index (χ4v) is 3.78. The molecule has 1 aromatic rings. The zero-order valence-corrected chi connectivity index (χ0v) is 14.2. The molecule has 0 aliphatic heterocycles. The van der Waals surface area contributed by atoms with Crippen LogP contribution in [0.5, 0.6) is 0 Å². The van der Waals surface area contributed by atoms with E-state index < -0.39 is 0 Å². The molecule has 1 N–H and O–H groups in total. The molecule has 0 radical (unpaired) electrons. The van der Waals surface area contributed by atoms with Crippen LogP contribution in [0.2, 0.25) is 0 Å². The van der Waals surface area contributed by atoms with Crippen molar-refractivity contribution >= 4 is 0 Å². The van der Waals surface area contributed by atoms with Crippen LogP contribution in [0.3, 0.4) is 0 Å². The number of rotatable bonds is 6. The molecule has 0 saturated heterocycles. The maximum atomic E-state index is 6.07. The van der Waals surface area contributed by atoms with Gasteiger partial charge in [-0.15, -0.1) is 0 Å². The molecule has 0 amide bonds. The first kappa shape index (κ1) is 16.5. The van der Waals surface area contributed by atoms with Gasteiger partial charge in [0.05, 0.1) is 5.60 Å². The fourth-order valence-electron chi connectivity index (χ4n) is 3.78. The van der Waals surface area contributed by atoms with Crippen LogP contribution in [0.1, 0.15) is 55.7 Å². The summed E-state index contributed by atoms with van der Waals surface area (Å²) in [4.78, 5) is 0. The Morgan fingerprint density at radius 2 is 1.90 bits per heavy atom. The van der Waals surface area contributed by atoms with E-state index in [-0.39, 0.29) is 5.60 Å². The summed E-state index contributed by atoms with van der Waals surface area (Å²) in [5.74, 6) is 0.